The van der Waals surface area contributed by atoms with Gasteiger partial charge in [-0.25, -0.2) is 4.39 Å². The number of nitrogens with zero attached hydrogens (tertiary/aromatic N) is 2. The van der Waals surface area contributed by atoms with Crippen molar-refractivity contribution in [1.29, 1.82) is 5.26 Å². The van der Waals surface area contributed by atoms with Crippen LogP contribution in [-0.4, -0.2) is 19.0 Å². The average Bonchev–Trinajstić information content (AvgIpc) is 2.53. The Kier molecular flexibility index (Phi) is 8.17. The SMILES string of the molecule is CN=C(NCc1cc(C#N)ccc1F)NC1CCCCC1.I. The van der Waals surface area contributed by atoms with Crippen LogP contribution in [0.5, 0.6) is 0 Å². The van der Waals surface area contributed by atoms with E-state index in [4.69, 9.17) is 5.26 Å². The number of benzene rings is 1. The quantitative estimate of drug-likeness (QED) is 0.452. The zero-order valence-corrected chi connectivity index (χ0v) is 15.1. The Bertz CT molecular complexity index is 548. The summed E-state index contributed by atoms with van der Waals surface area (Å²) in [6.07, 6.45) is 6.09. The van der Waals surface area contributed by atoms with E-state index in [9.17, 15) is 4.39 Å². The van der Waals surface area contributed by atoms with Crippen LogP contribution in [0.4, 0.5) is 4.39 Å². The minimum absolute atomic E-state index is 0. The van der Waals surface area contributed by atoms with Crippen molar-refractivity contribution in [2.24, 2.45) is 4.99 Å². The standard InChI is InChI=1S/C16H21FN4.HI/c1-19-16(21-14-5-3-2-4-6-14)20-11-13-9-12(10-18)7-8-15(13)17;/h7-9,14H,2-6,11H2,1H3,(H2,19,20,21);1H. The van der Waals surface area contributed by atoms with Gasteiger partial charge in [-0.2, -0.15) is 5.26 Å². The molecule has 1 saturated carbocycles. The van der Waals surface area contributed by atoms with E-state index in [0.717, 1.165) is 12.8 Å². The minimum atomic E-state index is -0.311. The van der Waals surface area contributed by atoms with Crippen LogP contribution >= 0.6 is 24.0 Å². The molecule has 0 heterocycles. The molecule has 6 heteroatoms. The molecule has 120 valence electrons. The highest BCUT2D eigenvalue weighted by Crippen LogP contribution is 2.17. The van der Waals surface area contributed by atoms with Crippen molar-refractivity contribution in [3.8, 4) is 6.07 Å². The first kappa shape index (κ1) is 18.7. The summed E-state index contributed by atoms with van der Waals surface area (Å²) in [4.78, 5) is 4.18. The molecule has 22 heavy (non-hydrogen) atoms. The lowest BCUT2D eigenvalue weighted by atomic mass is 9.96. The van der Waals surface area contributed by atoms with Gasteiger partial charge >= 0.3 is 0 Å². The molecule has 1 aliphatic rings. The highest BCUT2D eigenvalue weighted by molar-refractivity contribution is 14.0. The second kappa shape index (κ2) is 9.62. The zero-order valence-electron chi connectivity index (χ0n) is 12.7. The van der Waals surface area contributed by atoms with Crippen LogP contribution in [0.1, 0.15) is 43.2 Å². The predicted molar refractivity (Wildman–Crippen MR) is 96.7 cm³/mol. The second-order valence-corrected chi connectivity index (χ2v) is 5.32. The van der Waals surface area contributed by atoms with Gasteiger partial charge in [-0.3, -0.25) is 4.99 Å². The summed E-state index contributed by atoms with van der Waals surface area (Å²) in [6.45, 7) is 0.313. The van der Waals surface area contributed by atoms with Crippen molar-refractivity contribution in [3.05, 3.63) is 35.1 Å². The van der Waals surface area contributed by atoms with Crippen molar-refractivity contribution >= 4 is 29.9 Å². The van der Waals surface area contributed by atoms with Crippen LogP contribution in [0.2, 0.25) is 0 Å². The Hall–Kier alpha value is -1.36. The van der Waals surface area contributed by atoms with Crippen molar-refractivity contribution in [3.63, 3.8) is 0 Å². The van der Waals surface area contributed by atoms with Crippen LogP contribution in [0.3, 0.4) is 0 Å². The van der Waals surface area contributed by atoms with E-state index in [1.165, 1.54) is 31.4 Å². The predicted octanol–water partition coefficient (Wildman–Crippen LogP) is 3.31. The number of aliphatic imine (C=N–C) groups is 1. The van der Waals surface area contributed by atoms with Gasteiger partial charge < -0.3 is 10.6 Å². The van der Waals surface area contributed by atoms with Gasteiger partial charge in [-0.15, -0.1) is 24.0 Å². The number of halogens is 2. The normalized spacial score (nSPS) is 15.6. The maximum atomic E-state index is 13.7. The molecule has 1 aromatic carbocycles. The fourth-order valence-corrected chi connectivity index (χ4v) is 2.59. The molecule has 0 spiro atoms. The molecule has 0 bridgehead atoms. The molecule has 0 aliphatic heterocycles. The van der Waals surface area contributed by atoms with Crippen LogP contribution in [0.25, 0.3) is 0 Å². The number of nitrogens with one attached hydrogen (secondary N) is 2. The molecule has 0 amide bonds. The molecular formula is C16H22FIN4. The van der Waals surface area contributed by atoms with Gasteiger partial charge in [0.1, 0.15) is 5.82 Å². The Morgan fingerprint density at radius 1 is 1.36 bits per heavy atom. The van der Waals surface area contributed by atoms with E-state index in [1.54, 1.807) is 13.1 Å². The summed E-state index contributed by atoms with van der Waals surface area (Å²) in [6, 6.07) is 6.84. The molecule has 1 aromatic rings. The Morgan fingerprint density at radius 3 is 2.73 bits per heavy atom. The highest BCUT2D eigenvalue weighted by Gasteiger charge is 2.14. The lowest BCUT2D eigenvalue weighted by Gasteiger charge is -2.24. The minimum Gasteiger partial charge on any atom is -0.354 e. The van der Waals surface area contributed by atoms with Gasteiger partial charge in [0.05, 0.1) is 11.6 Å². The molecule has 0 atom stereocenters. The third-order valence-electron chi connectivity index (χ3n) is 3.79. The third-order valence-corrected chi connectivity index (χ3v) is 3.79. The molecule has 2 rings (SSSR count). The van der Waals surface area contributed by atoms with E-state index < -0.39 is 0 Å². The number of rotatable bonds is 3. The van der Waals surface area contributed by atoms with Crippen molar-refractivity contribution in [2.45, 2.75) is 44.7 Å². The molecule has 2 N–H and O–H groups in total. The first-order valence-corrected chi connectivity index (χ1v) is 7.38. The summed E-state index contributed by atoms with van der Waals surface area (Å²) in [5, 5.41) is 15.4. The van der Waals surface area contributed by atoms with E-state index >= 15 is 0 Å². The van der Waals surface area contributed by atoms with Gasteiger partial charge in [0.25, 0.3) is 0 Å². The van der Waals surface area contributed by atoms with Gasteiger partial charge in [-0.05, 0) is 31.0 Å². The van der Waals surface area contributed by atoms with Crippen LogP contribution in [0.15, 0.2) is 23.2 Å². The molecule has 4 nitrogen and oxygen atoms in total. The van der Waals surface area contributed by atoms with E-state index in [-0.39, 0.29) is 29.8 Å². The fraction of sp³-hybridized carbons (Fsp3) is 0.500. The van der Waals surface area contributed by atoms with Crippen LogP contribution in [0, 0.1) is 17.1 Å². The number of nitriles is 1. The first-order valence-electron chi connectivity index (χ1n) is 7.38. The highest BCUT2D eigenvalue weighted by atomic mass is 127. The molecule has 0 saturated heterocycles. The summed E-state index contributed by atoms with van der Waals surface area (Å²) < 4.78 is 13.7. The summed E-state index contributed by atoms with van der Waals surface area (Å²) in [7, 11) is 1.71. The average molecular weight is 416 g/mol. The van der Waals surface area contributed by atoms with Gasteiger partial charge in [0.15, 0.2) is 5.96 Å². The molecule has 1 aliphatic carbocycles. The van der Waals surface area contributed by atoms with Crippen LogP contribution in [-0.2, 0) is 6.54 Å². The van der Waals surface area contributed by atoms with Crippen molar-refractivity contribution in [1.82, 2.24) is 10.6 Å². The molecule has 1 fully saturated rings. The number of guanidine groups is 1. The number of hydrogen-bond acceptors (Lipinski definition) is 2. The van der Waals surface area contributed by atoms with Gasteiger partial charge in [-0.1, -0.05) is 19.3 Å². The lowest BCUT2D eigenvalue weighted by Crippen LogP contribution is -2.43. The molecule has 0 radical (unpaired) electrons. The lowest BCUT2D eigenvalue weighted by molar-refractivity contribution is 0.410. The Morgan fingerprint density at radius 2 is 2.09 bits per heavy atom. The monoisotopic (exact) mass is 416 g/mol. The number of hydrogen-bond donors (Lipinski definition) is 2. The largest absolute Gasteiger partial charge is 0.354 e. The molecule has 0 aromatic heterocycles. The van der Waals surface area contributed by atoms with Crippen molar-refractivity contribution < 1.29 is 4.39 Å². The van der Waals surface area contributed by atoms with E-state index in [2.05, 4.69) is 15.6 Å². The topological polar surface area (TPSA) is 60.2 Å². The molecular weight excluding hydrogens is 394 g/mol. The van der Waals surface area contributed by atoms with E-state index in [1.807, 2.05) is 6.07 Å². The van der Waals surface area contributed by atoms with Gasteiger partial charge in [0.2, 0.25) is 0 Å². The summed E-state index contributed by atoms with van der Waals surface area (Å²) in [5.41, 5.74) is 0.934. The second-order valence-electron chi connectivity index (χ2n) is 5.32. The maximum absolute atomic E-state index is 13.7. The fourth-order valence-electron chi connectivity index (χ4n) is 2.59. The zero-order chi connectivity index (χ0) is 15.1. The molecule has 0 unspecified atom stereocenters. The Balaban J connectivity index is 0.00000242. The summed E-state index contributed by atoms with van der Waals surface area (Å²) in [5.74, 6) is 0.373. The smallest absolute Gasteiger partial charge is 0.191 e. The third kappa shape index (κ3) is 5.44. The maximum Gasteiger partial charge on any atom is 0.191 e. The van der Waals surface area contributed by atoms with Gasteiger partial charge in [0, 0.05) is 25.2 Å². The Labute approximate surface area is 148 Å². The first-order chi connectivity index (χ1) is 10.2. The van der Waals surface area contributed by atoms with Crippen molar-refractivity contribution in [2.75, 3.05) is 7.05 Å². The summed E-state index contributed by atoms with van der Waals surface area (Å²) >= 11 is 0. The van der Waals surface area contributed by atoms with Crippen LogP contribution < -0.4 is 10.6 Å². The van der Waals surface area contributed by atoms with E-state index in [0.29, 0.717) is 29.7 Å².